The summed E-state index contributed by atoms with van der Waals surface area (Å²) in [7, 11) is 0. The molecule has 0 fully saturated rings. The molecule has 1 aromatic rings. The van der Waals surface area contributed by atoms with Gasteiger partial charge in [-0.25, -0.2) is 0 Å². The molecular weight excluding hydrogens is 208 g/mol. The van der Waals surface area contributed by atoms with E-state index in [4.69, 9.17) is 0 Å². The van der Waals surface area contributed by atoms with Crippen molar-refractivity contribution in [1.29, 1.82) is 0 Å². The fraction of sp³-hybridized carbons (Fsp3) is 0.625. The third-order valence-corrected chi connectivity index (χ3v) is 3.89. The van der Waals surface area contributed by atoms with Crippen LogP contribution in [0.5, 0.6) is 0 Å². The molecule has 0 bridgehead atoms. The van der Waals surface area contributed by atoms with E-state index in [0.29, 0.717) is 11.8 Å². The maximum absolute atomic E-state index is 10.2. The normalized spacial score (nSPS) is 19.8. The highest BCUT2D eigenvalue weighted by Gasteiger charge is 2.22. The van der Waals surface area contributed by atoms with Gasteiger partial charge in [0.15, 0.2) is 0 Å². The molecule has 0 radical (unpaired) electrons. The van der Waals surface area contributed by atoms with Crippen LogP contribution in [-0.4, -0.2) is 5.11 Å². The van der Waals surface area contributed by atoms with Gasteiger partial charge in [0.1, 0.15) is 0 Å². The fourth-order valence-corrected chi connectivity index (χ4v) is 2.80. The van der Waals surface area contributed by atoms with Gasteiger partial charge in [-0.1, -0.05) is 39.8 Å². The molecule has 0 heterocycles. The van der Waals surface area contributed by atoms with E-state index in [9.17, 15) is 5.11 Å². The zero-order valence-electron chi connectivity index (χ0n) is 11.5. The summed E-state index contributed by atoms with van der Waals surface area (Å²) < 4.78 is 0. The van der Waals surface area contributed by atoms with Crippen LogP contribution < -0.4 is 0 Å². The molecule has 0 amide bonds. The molecule has 1 nitrogen and oxygen atoms in total. The maximum atomic E-state index is 10.2. The Morgan fingerprint density at radius 2 is 1.82 bits per heavy atom. The monoisotopic (exact) mass is 232 g/mol. The van der Waals surface area contributed by atoms with Crippen LogP contribution in [0.1, 0.15) is 80.7 Å². The number of fused-ring (bicyclic) bond motifs is 1. The van der Waals surface area contributed by atoms with Gasteiger partial charge < -0.3 is 5.11 Å². The van der Waals surface area contributed by atoms with Gasteiger partial charge in [-0.05, 0) is 53.4 Å². The molecule has 94 valence electrons. The van der Waals surface area contributed by atoms with E-state index in [1.807, 2.05) is 0 Å². The van der Waals surface area contributed by atoms with E-state index in [-0.39, 0.29) is 6.10 Å². The van der Waals surface area contributed by atoms with E-state index in [1.165, 1.54) is 22.3 Å². The van der Waals surface area contributed by atoms with Gasteiger partial charge in [-0.15, -0.1) is 0 Å². The summed E-state index contributed by atoms with van der Waals surface area (Å²) >= 11 is 0. The number of hydrogen-bond acceptors (Lipinski definition) is 1. The van der Waals surface area contributed by atoms with Crippen molar-refractivity contribution in [2.24, 2.45) is 0 Å². The molecule has 1 aliphatic carbocycles. The van der Waals surface area contributed by atoms with E-state index >= 15 is 0 Å². The van der Waals surface area contributed by atoms with E-state index in [1.54, 1.807) is 0 Å². The Balaban J connectivity index is 2.58. The first-order valence-corrected chi connectivity index (χ1v) is 6.85. The summed E-state index contributed by atoms with van der Waals surface area (Å²) in [4.78, 5) is 0. The minimum atomic E-state index is -0.241. The zero-order valence-corrected chi connectivity index (χ0v) is 11.5. The van der Waals surface area contributed by atoms with Crippen molar-refractivity contribution >= 4 is 0 Å². The van der Waals surface area contributed by atoms with Crippen LogP contribution in [0.25, 0.3) is 0 Å². The molecule has 1 atom stereocenters. The largest absolute Gasteiger partial charge is 0.388 e. The van der Waals surface area contributed by atoms with E-state index < -0.39 is 0 Å². The molecule has 0 aliphatic heterocycles. The molecule has 1 aliphatic rings. The Morgan fingerprint density at radius 1 is 1.12 bits per heavy atom. The number of benzene rings is 1. The first-order valence-electron chi connectivity index (χ1n) is 6.85. The van der Waals surface area contributed by atoms with Crippen LogP contribution in [0.2, 0.25) is 0 Å². The highest BCUT2D eigenvalue weighted by Crippen LogP contribution is 2.37. The minimum Gasteiger partial charge on any atom is -0.388 e. The Morgan fingerprint density at radius 3 is 2.41 bits per heavy atom. The van der Waals surface area contributed by atoms with Crippen molar-refractivity contribution in [3.63, 3.8) is 0 Å². The first-order chi connectivity index (χ1) is 8.00. The lowest BCUT2D eigenvalue weighted by atomic mass is 9.80. The Kier molecular flexibility index (Phi) is 3.58. The molecule has 0 aromatic heterocycles. The Bertz CT molecular complexity index is 387. The lowest BCUT2D eigenvalue weighted by molar-refractivity contribution is 0.156. The van der Waals surface area contributed by atoms with Gasteiger partial charge in [-0.3, -0.25) is 0 Å². The van der Waals surface area contributed by atoms with Gasteiger partial charge in [-0.2, -0.15) is 0 Å². The number of rotatable bonds is 2. The second kappa shape index (κ2) is 4.81. The molecular formula is C16H24O. The Labute approximate surface area is 105 Å². The molecule has 0 saturated carbocycles. The third kappa shape index (κ3) is 2.40. The summed E-state index contributed by atoms with van der Waals surface area (Å²) in [6.45, 7) is 8.95. The number of hydrogen-bond donors (Lipinski definition) is 1. The summed E-state index contributed by atoms with van der Waals surface area (Å²) in [5.41, 5.74) is 5.44. The average Bonchev–Trinajstić information content (AvgIpc) is 2.28. The molecule has 0 saturated heterocycles. The smallest absolute Gasteiger partial charge is 0.0793 e. The topological polar surface area (TPSA) is 20.2 Å². The van der Waals surface area contributed by atoms with Crippen LogP contribution in [0.15, 0.2) is 12.1 Å². The van der Waals surface area contributed by atoms with Gasteiger partial charge in [0.25, 0.3) is 0 Å². The SMILES string of the molecule is CC(C)c1cc(C(C)C)c2c(c1)[C@H](O)CCC2. The van der Waals surface area contributed by atoms with Crippen LogP contribution in [0.4, 0.5) is 0 Å². The first kappa shape index (κ1) is 12.6. The second-order valence-corrected chi connectivity index (χ2v) is 5.90. The second-order valence-electron chi connectivity index (χ2n) is 5.90. The lowest BCUT2D eigenvalue weighted by Gasteiger charge is -2.27. The van der Waals surface area contributed by atoms with Gasteiger partial charge in [0.05, 0.1) is 6.10 Å². The van der Waals surface area contributed by atoms with Crippen molar-refractivity contribution in [3.05, 3.63) is 34.4 Å². The van der Waals surface area contributed by atoms with Crippen LogP contribution in [0, 0.1) is 0 Å². The minimum absolute atomic E-state index is 0.241. The number of aliphatic hydroxyl groups is 1. The van der Waals surface area contributed by atoms with Gasteiger partial charge in [0.2, 0.25) is 0 Å². The van der Waals surface area contributed by atoms with Gasteiger partial charge in [0, 0.05) is 0 Å². The van der Waals surface area contributed by atoms with Crippen LogP contribution in [0.3, 0.4) is 0 Å². The van der Waals surface area contributed by atoms with E-state index in [2.05, 4.69) is 39.8 Å². The lowest BCUT2D eigenvalue weighted by Crippen LogP contribution is -2.13. The highest BCUT2D eigenvalue weighted by molar-refractivity contribution is 5.44. The summed E-state index contributed by atoms with van der Waals surface area (Å²) in [5, 5.41) is 10.2. The average molecular weight is 232 g/mol. The van der Waals surface area contributed by atoms with Crippen molar-refractivity contribution in [2.45, 2.75) is 64.9 Å². The van der Waals surface area contributed by atoms with Gasteiger partial charge >= 0.3 is 0 Å². The number of aliphatic hydroxyl groups excluding tert-OH is 1. The van der Waals surface area contributed by atoms with Crippen molar-refractivity contribution < 1.29 is 5.11 Å². The van der Waals surface area contributed by atoms with Crippen LogP contribution >= 0.6 is 0 Å². The predicted molar refractivity (Wildman–Crippen MR) is 72.5 cm³/mol. The van der Waals surface area contributed by atoms with Crippen LogP contribution in [-0.2, 0) is 6.42 Å². The van der Waals surface area contributed by atoms with Crippen molar-refractivity contribution in [3.8, 4) is 0 Å². The standard InChI is InChI=1S/C16H24O/c1-10(2)12-8-14(11(3)4)13-6-5-7-16(17)15(13)9-12/h8-11,16-17H,5-7H2,1-4H3/t16-/m1/s1. The summed E-state index contributed by atoms with van der Waals surface area (Å²) in [6.07, 6.45) is 2.94. The maximum Gasteiger partial charge on any atom is 0.0793 e. The predicted octanol–water partition coefficient (Wildman–Crippen LogP) is 4.30. The molecule has 0 unspecified atom stereocenters. The highest BCUT2D eigenvalue weighted by atomic mass is 16.3. The van der Waals surface area contributed by atoms with E-state index in [0.717, 1.165) is 19.3 Å². The molecule has 17 heavy (non-hydrogen) atoms. The zero-order chi connectivity index (χ0) is 12.6. The van der Waals surface area contributed by atoms with Crippen molar-refractivity contribution in [2.75, 3.05) is 0 Å². The summed E-state index contributed by atoms with van der Waals surface area (Å²) in [5.74, 6) is 1.08. The molecule has 1 heteroatoms. The van der Waals surface area contributed by atoms with Crippen molar-refractivity contribution in [1.82, 2.24) is 0 Å². The molecule has 1 aromatic carbocycles. The summed E-state index contributed by atoms with van der Waals surface area (Å²) in [6, 6.07) is 4.59. The quantitative estimate of drug-likeness (QED) is 0.806. The molecule has 0 spiro atoms. The third-order valence-electron chi connectivity index (χ3n) is 3.89. The Hall–Kier alpha value is -0.820. The fourth-order valence-electron chi connectivity index (χ4n) is 2.80. The molecule has 1 N–H and O–H groups in total. The molecule has 2 rings (SSSR count).